The monoisotopic (exact) mass is 278 g/mol. The lowest BCUT2D eigenvalue weighted by molar-refractivity contribution is -0.197. The molecule has 0 amide bonds. The van der Waals surface area contributed by atoms with Crippen molar-refractivity contribution in [3.05, 3.63) is 22.8 Å². The number of methoxy groups -OCH3 is 1. The summed E-state index contributed by atoms with van der Waals surface area (Å²) in [6.45, 7) is 8.07. The molecule has 110 valence electrons. The highest BCUT2D eigenvalue weighted by molar-refractivity contribution is 5.56. The first-order chi connectivity index (χ1) is 9.36. The van der Waals surface area contributed by atoms with E-state index in [4.69, 9.17) is 14.2 Å². The van der Waals surface area contributed by atoms with E-state index < -0.39 is 5.79 Å². The van der Waals surface area contributed by atoms with Gasteiger partial charge >= 0.3 is 0 Å². The SMILES string of the molecule is CO[C@]1(C)C[C@H]2O[C@H](C)[C@@H](C)c3c(C)c(O)cc(c32)O1. The predicted octanol–water partition coefficient (Wildman–Crippen LogP) is 3.41. The van der Waals surface area contributed by atoms with Gasteiger partial charge < -0.3 is 19.3 Å². The zero-order valence-corrected chi connectivity index (χ0v) is 12.7. The Labute approximate surface area is 119 Å². The molecule has 1 aromatic carbocycles. The van der Waals surface area contributed by atoms with Gasteiger partial charge in [0.15, 0.2) is 0 Å². The lowest BCUT2D eigenvalue weighted by Crippen LogP contribution is -2.43. The van der Waals surface area contributed by atoms with Crippen LogP contribution in [0.1, 0.15) is 55.9 Å². The molecule has 2 aliphatic rings. The Balaban J connectivity index is 2.22. The van der Waals surface area contributed by atoms with Gasteiger partial charge in [0.2, 0.25) is 5.79 Å². The average Bonchev–Trinajstić information content (AvgIpc) is 2.39. The van der Waals surface area contributed by atoms with Gasteiger partial charge in [0, 0.05) is 38.0 Å². The van der Waals surface area contributed by atoms with Gasteiger partial charge in [0.1, 0.15) is 11.5 Å². The third-order valence-electron chi connectivity index (χ3n) is 4.79. The van der Waals surface area contributed by atoms with Crippen LogP contribution >= 0.6 is 0 Å². The maximum absolute atomic E-state index is 10.2. The second kappa shape index (κ2) is 4.37. The number of benzene rings is 1. The molecule has 4 nitrogen and oxygen atoms in total. The number of ether oxygens (including phenoxy) is 3. The Morgan fingerprint density at radius 1 is 1.35 bits per heavy atom. The summed E-state index contributed by atoms with van der Waals surface area (Å²) in [5.74, 6) is 0.487. The normalized spacial score (nSPS) is 35.4. The first-order valence-corrected chi connectivity index (χ1v) is 7.12. The smallest absolute Gasteiger partial charge is 0.210 e. The van der Waals surface area contributed by atoms with Crippen LogP contribution in [0, 0.1) is 6.92 Å². The van der Waals surface area contributed by atoms with Gasteiger partial charge in [0.25, 0.3) is 0 Å². The zero-order valence-electron chi connectivity index (χ0n) is 12.7. The van der Waals surface area contributed by atoms with Crippen LogP contribution in [0.15, 0.2) is 6.07 Å². The van der Waals surface area contributed by atoms with Crippen molar-refractivity contribution in [2.75, 3.05) is 7.11 Å². The number of phenolic OH excluding ortho intramolecular Hbond substituents is 1. The molecule has 0 fully saturated rings. The topological polar surface area (TPSA) is 47.9 Å². The molecule has 1 aromatic rings. The van der Waals surface area contributed by atoms with E-state index in [0.29, 0.717) is 12.2 Å². The van der Waals surface area contributed by atoms with Crippen LogP contribution in [0.5, 0.6) is 11.5 Å². The number of phenols is 1. The summed E-state index contributed by atoms with van der Waals surface area (Å²) in [7, 11) is 1.63. The van der Waals surface area contributed by atoms with Crippen molar-refractivity contribution >= 4 is 0 Å². The Hall–Kier alpha value is -1.26. The fraction of sp³-hybridized carbons (Fsp3) is 0.625. The fourth-order valence-corrected chi connectivity index (χ4v) is 3.35. The maximum Gasteiger partial charge on any atom is 0.210 e. The highest BCUT2D eigenvalue weighted by atomic mass is 16.7. The van der Waals surface area contributed by atoms with Gasteiger partial charge in [-0.1, -0.05) is 6.92 Å². The van der Waals surface area contributed by atoms with Crippen molar-refractivity contribution in [2.24, 2.45) is 0 Å². The summed E-state index contributed by atoms with van der Waals surface area (Å²) in [4.78, 5) is 0. The van der Waals surface area contributed by atoms with Gasteiger partial charge in [-0.2, -0.15) is 0 Å². The molecule has 0 spiro atoms. The van der Waals surface area contributed by atoms with E-state index in [1.54, 1.807) is 13.2 Å². The lowest BCUT2D eigenvalue weighted by atomic mass is 9.80. The highest BCUT2D eigenvalue weighted by Gasteiger charge is 2.44. The Morgan fingerprint density at radius 2 is 2.05 bits per heavy atom. The van der Waals surface area contributed by atoms with Gasteiger partial charge in [0.05, 0.1) is 12.2 Å². The van der Waals surface area contributed by atoms with Crippen molar-refractivity contribution in [3.63, 3.8) is 0 Å². The van der Waals surface area contributed by atoms with Gasteiger partial charge in [-0.15, -0.1) is 0 Å². The second-order valence-electron chi connectivity index (χ2n) is 6.11. The molecule has 2 aliphatic heterocycles. The Kier molecular flexibility index (Phi) is 2.99. The van der Waals surface area contributed by atoms with Crippen molar-refractivity contribution in [2.45, 2.75) is 58.0 Å². The van der Waals surface area contributed by atoms with Crippen LogP contribution in [0.2, 0.25) is 0 Å². The minimum absolute atomic E-state index is 0.0378. The van der Waals surface area contributed by atoms with E-state index in [2.05, 4.69) is 13.8 Å². The van der Waals surface area contributed by atoms with Gasteiger partial charge in [-0.05, 0) is 25.0 Å². The van der Waals surface area contributed by atoms with E-state index in [0.717, 1.165) is 11.1 Å². The molecule has 20 heavy (non-hydrogen) atoms. The average molecular weight is 278 g/mol. The largest absolute Gasteiger partial charge is 0.508 e. The van der Waals surface area contributed by atoms with Crippen molar-refractivity contribution < 1.29 is 19.3 Å². The first kappa shape index (κ1) is 13.7. The van der Waals surface area contributed by atoms with Crippen LogP contribution in [0.4, 0.5) is 0 Å². The van der Waals surface area contributed by atoms with Gasteiger partial charge in [-0.25, -0.2) is 0 Å². The summed E-state index contributed by atoms with van der Waals surface area (Å²) >= 11 is 0. The first-order valence-electron chi connectivity index (χ1n) is 7.12. The molecule has 4 atom stereocenters. The molecule has 2 heterocycles. The molecule has 0 saturated heterocycles. The molecule has 0 saturated carbocycles. The van der Waals surface area contributed by atoms with Crippen LogP contribution in [-0.4, -0.2) is 24.1 Å². The predicted molar refractivity (Wildman–Crippen MR) is 75.2 cm³/mol. The summed E-state index contributed by atoms with van der Waals surface area (Å²) in [6.07, 6.45) is 0.731. The number of rotatable bonds is 1. The van der Waals surface area contributed by atoms with Crippen LogP contribution < -0.4 is 4.74 Å². The molecule has 3 rings (SSSR count). The molecule has 1 N–H and O–H groups in total. The van der Waals surface area contributed by atoms with Gasteiger partial charge in [-0.3, -0.25) is 0 Å². The van der Waals surface area contributed by atoms with E-state index in [9.17, 15) is 5.11 Å². The molecule has 0 unspecified atom stereocenters. The number of aromatic hydroxyl groups is 1. The Bertz CT molecular complexity index is 554. The van der Waals surface area contributed by atoms with E-state index in [1.165, 1.54) is 5.56 Å². The summed E-state index contributed by atoms with van der Waals surface area (Å²) in [5.41, 5.74) is 3.18. The quantitative estimate of drug-likeness (QED) is 0.855. The molecular formula is C16H22O4. The second-order valence-corrected chi connectivity index (χ2v) is 6.11. The fourth-order valence-electron chi connectivity index (χ4n) is 3.35. The molecular weight excluding hydrogens is 256 g/mol. The third kappa shape index (κ3) is 1.82. The van der Waals surface area contributed by atoms with E-state index in [-0.39, 0.29) is 23.9 Å². The lowest BCUT2D eigenvalue weighted by Gasteiger charge is -2.45. The van der Waals surface area contributed by atoms with Crippen LogP contribution in [0.3, 0.4) is 0 Å². The molecule has 0 aliphatic carbocycles. The number of hydrogen-bond donors (Lipinski definition) is 1. The summed E-state index contributed by atoms with van der Waals surface area (Å²) < 4.78 is 17.6. The molecule has 0 radical (unpaired) electrons. The van der Waals surface area contributed by atoms with Crippen LogP contribution in [0.25, 0.3) is 0 Å². The van der Waals surface area contributed by atoms with E-state index in [1.807, 2.05) is 13.8 Å². The highest BCUT2D eigenvalue weighted by Crippen LogP contribution is 2.52. The molecule has 0 bridgehead atoms. The van der Waals surface area contributed by atoms with Crippen LogP contribution in [-0.2, 0) is 9.47 Å². The standard InChI is InChI=1S/C16H22O4/c1-8-10(3)19-13-7-16(4,18-5)20-12-6-11(17)9(2)14(8)15(12)13/h6,8,10,13,17H,7H2,1-5H3/t8-,10-,13-,16+/m1/s1. The van der Waals surface area contributed by atoms with E-state index >= 15 is 0 Å². The van der Waals surface area contributed by atoms with Crippen molar-refractivity contribution in [1.82, 2.24) is 0 Å². The zero-order chi connectivity index (χ0) is 14.7. The third-order valence-corrected chi connectivity index (χ3v) is 4.79. The molecule has 0 aromatic heterocycles. The summed E-state index contributed by atoms with van der Waals surface area (Å²) in [5, 5.41) is 10.2. The summed E-state index contributed by atoms with van der Waals surface area (Å²) in [6, 6.07) is 1.68. The minimum atomic E-state index is -0.711. The van der Waals surface area contributed by atoms with Crippen molar-refractivity contribution in [3.8, 4) is 11.5 Å². The maximum atomic E-state index is 10.2. The Morgan fingerprint density at radius 3 is 2.70 bits per heavy atom. The number of hydrogen-bond acceptors (Lipinski definition) is 4. The van der Waals surface area contributed by atoms with Crippen molar-refractivity contribution in [1.29, 1.82) is 0 Å². The molecule has 4 heteroatoms. The minimum Gasteiger partial charge on any atom is -0.508 e.